The van der Waals surface area contributed by atoms with E-state index in [9.17, 15) is 9.59 Å². The molecular weight excluding hydrogens is 402 g/mol. The normalized spacial score (nSPS) is 16.0. The summed E-state index contributed by atoms with van der Waals surface area (Å²) in [6, 6.07) is 15.4. The molecule has 0 saturated carbocycles. The lowest BCUT2D eigenvalue weighted by Crippen LogP contribution is -2.44. The van der Waals surface area contributed by atoms with E-state index in [2.05, 4.69) is 15.0 Å². The van der Waals surface area contributed by atoms with Gasteiger partial charge in [-0.15, -0.1) is 0 Å². The quantitative estimate of drug-likeness (QED) is 0.575. The summed E-state index contributed by atoms with van der Waals surface area (Å²) in [5.41, 5.74) is 2.87. The number of benzene rings is 1. The summed E-state index contributed by atoms with van der Waals surface area (Å²) in [6.07, 6.45) is 7.89. The fraction of sp³-hybridized carbons (Fsp3) is 0.360. The summed E-state index contributed by atoms with van der Waals surface area (Å²) in [5, 5.41) is 4.38. The number of hydrogen-bond acceptors (Lipinski definition) is 5. The number of piperidine rings is 1. The largest absolute Gasteiger partial charge is 0.369 e. The first kappa shape index (κ1) is 21.7. The van der Waals surface area contributed by atoms with Crippen molar-refractivity contribution in [3.63, 3.8) is 0 Å². The first-order valence-corrected chi connectivity index (χ1v) is 11.1. The van der Waals surface area contributed by atoms with Crippen molar-refractivity contribution in [2.75, 3.05) is 31.6 Å². The third kappa shape index (κ3) is 5.41. The Morgan fingerprint density at radius 3 is 2.66 bits per heavy atom. The van der Waals surface area contributed by atoms with Crippen molar-refractivity contribution in [1.29, 1.82) is 0 Å². The maximum absolute atomic E-state index is 13.0. The summed E-state index contributed by atoms with van der Waals surface area (Å²) < 4.78 is 1.47. The fourth-order valence-electron chi connectivity index (χ4n) is 4.15. The van der Waals surface area contributed by atoms with E-state index < -0.39 is 0 Å². The van der Waals surface area contributed by atoms with E-state index in [-0.39, 0.29) is 17.4 Å². The van der Waals surface area contributed by atoms with Gasteiger partial charge in [-0.05, 0) is 42.5 Å². The molecule has 0 spiro atoms. The molecule has 1 saturated heterocycles. The van der Waals surface area contributed by atoms with Gasteiger partial charge in [0.15, 0.2) is 0 Å². The predicted octanol–water partition coefficient (Wildman–Crippen LogP) is 2.60. The minimum absolute atomic E-state index is 0.0714. The van der Waals surface area contributed by atoms with E-state index in [0.717, 1.165) is 37.1 Å². The minimum atomic E-state index is -0.130. The van der Waals surface area contributed by atoms with Gasteiger partial charge in [-0.25, -0.2) is 4.68 Å². The lowest BCUT2D eigenvalue weighted by molar-refractivity contribution is -0.134. The van der Waals surface area contributed by atoms with Gasteiger partial charge in [0.2, 0.25) is 5.91 Å². The van der Waals surface area contributed by atoms with Crippen LogP contribution < -0.4 is 10.5 Å². The zero-order valence-corrected chi connectivity index (χ0v) is 18.4. The number of amides is 1. The van der Waals surface area contributed by atoms with Crippen molar-refractivity contribution in [2.24, 2.45) is 5.92 Å². The van der Waals surface area contributed by atoms with Crippen LogP contribution in [0.3, 0.4) is 0 Å². The molecule has 7 heteroatoms. The Hall–Kier alpha value is -3.48. The smallest absolute Gasteiger partial charge is 0.269 e. The average Bonchev–Trinajstić information content (AvgIpc) is 2.84. The zero-order valence-electron chi connectivity index (χ0n) is 18.4. The SMILES string of the molecule is CN(CCc1ccncc1)C(=O)[C@@H]1CCCN(c2cnn(Cc3ccccc3)c(=O)c2)C1. The Morgan fingerprint density at radius 2 is 1.91 bits per heavy atom. The Morgan fingerprint density at radius 1 is 1.12 bits per heavy atom. The number of hydrogen-bond donors (Lipinski definition) is 0. The number of aromatic nitrogens is 3. The van der Waals surface area contributed by atoms with Crippen LogP contribution in [0.2, 0.25) is 0 Å². The molecule has 1 aliphatic rings. The zero-order chi connectivity index (χ0) is 22.3. The first-order chi connectivity index (χ1) is 15.6. The van der Waals surface area contributed by atoms with E-state index in [1.807, 2.05) is 54.4 Å². The number of pyridine rings is 1. The molecule has 1 aromatic carbocycles. The molecule has 1 amide bonds. The van der Waals surface area contributed by atoms with Gasteiger partial charge in [0.25, 0.3) is 5.56 Å². The van der Waals surface area contributed by atoms with E-state index in [1.54, 1.807) is 24.7 Å². The molecule has 2 aromatic heterocycles. The number of rotatable bonds is 7. The van der Waals surface area contributed by atoms with Gasteiger partial charge < -0.3 is 9.80 Å². The number of nitrogens with zero attached hydrogens (tertiary/aromatic N) is 5. The number of likely N-dealkylation sites (N-methyl/N-ethyl adjacent to an activating group) is 1. The summed E-state index contributed by atoms with van der Waals surface area (Å²) in [5.74, 6) is 0.0899. The van der Waals surface area contributed by atoms with Crippen molar-refractivity contribution in [3.8, 4) is 0 Å². The van der Waals surface area contributed by atoms with Gasteiger partial charge in [-0.3, -0.25) is 14.6 Å². The standard InChI is InChI=1S/C25H29N5O2/c1-28(15-11-20-9-12-26-13-10-20)25(32)22-8-5-14-29(19-22)23-16-24(31)30(27-17-23)18-21-6-3-2-4-7-21/h2-4,6-7,9-10,12-13,16-17,22H,5,8,11,14-15,18-19H2,1H3/t22-/m1/s1. The van der Waals surface area contributed by atoms with Crippen LogP contribution in [-0.4, -0.2) is 52.3 Å². The van der Waals surface area contributed by atoms with Crippen LogP contribution in [0.1, 0.15) is 24.0 Å². The molecule has 7 nitrogen and oxygen atoms in total. The maximum atomic E-state index is 13.0. The maximum Gasteiger partial charge on any atom is 0.269 e. The molecule has 0 unspecified atom stereocenters. The summed E-state index contributed by atoms with van der Waals surface area (Å²) >= 11 is 0. The summed E-state index contributed by atoms with van der Waals surface area (Å²) in [6.45, 7) is 2.57. The van der Waals surface area contributed by atoms with Crippen molar-refractivity contribution in [1.82, 2.24) is 19.7 Å². The van der Waals surface area contributed by atoms with E-state index in [0.29, 0.717) is 19.6 Å². The average molecular weight is 432 g/mol. The molecular formula is C25H29N5O2. The third-order valence-corrected chi connectivity index (χ3v) is 6.03. The Kier molecular flexibility index (Phi) is 6.94. The molecule has 4 rings (SSSR count). The summed E-state index contributed by atoms with van der Waals surface area (Å²) in [7, 11) is 1.87. The van der Waals surface area contributed by atoms with E-state index in [1.165, 1.54) is 10.2 Å². The minimum Gasteiger partial charge on any atom is -0.369 e. The monoisotopic (exact) mass is 431 g/mol. The van der Waals surface area contributed by atoms with Crippen LogP contribution in [-0.2, 0) is 17.8 Å². The molecule has 3 aromatic rings. The second-order valence-electron chi connectivity index (χ2n) is 8.35. The van der Waals surface area contributed by atoms with Crippen LogP contribution in [0.4, 0.5) is 5.69 Å². The predicted molar refractivity (Wildman–Crippen MR) is 125 cm³/mol. The number of carbonyl (C=O) groups is 1. The van der Waals surface area contributed by atoms with Crippen LogP contribution in [0.5, 0.6) is 0 Å². The molecule has 1 aliphatic heterocycles. The van der Waals surface area contributed by atoms with Gasteiger partial charge in [0, 0.05) is 45.1 Å². The second-order valence-corrected chi connectivity index (χ2v) is 8.35. The van der Waals surface area contributed by atoms with Gasteiger partial charge in [0.05, 0.1) is 24.3 Å². The van der Waals surface area contributed by atoms with Gasteiger partial charge in [0.1, 0.15) is 0 Å². The molecule has 1 fully saturated rings. The Balaban J connectivity index is 1.37. The first-order valence-electron chi connectivity index (χ1n) is 11.1. The summed E-state index contributed by atoms with van der Waals surface area (Å²) in [4.78, 5) is 33.6. The van der Waals surface area contributed by atoms with Crippen molar-refractivity contribution in [3.05, 3.63) is 88.6 Å². The molecule has 0 radical (unpaired) electrons. The van der Waals surface area contributed by atoms with Gasteiger partial charge in [-0.1, -0.05) is 30.3 Å². The van der Waals surface area contributed by atoms with E-state index >= 15 is 0 Å². The van der Waals surface area contributed by atoms with Crippen molar-refractivity contribution in [2.45, 2.75) is 25.8 Å². The molecule has 0 N–H and O–H groups in total. The van der Waals surface area contributed by atoms with E-state index in [4.69, 9.17) is 0 Å². The molecule has 1 atom stereocenters. The lowest BCUT2D eigenvalue weighted by atomic mass is 9.96. The highest BCUT2D eigenvalue weighted by Crippen LogP contribution is 2.23. The molecule has 166 valence electrons. The number of anilines is 1. The van der Waals surface area contributed by atoms with Gasteiger partial charge >= 0.3 is 0 Å². The van der Waals surface area contributed by atoms with Crippen molar-refractivity contribution >= 4 is 11.6 Å². The highest BCUT2D eigenvalue weighted by molar-refractivity contribution is 5.79. The molecule has 32 heavy (non-hydrogen) atoms. The Bertz CT molecular complexity index is 1080. The third-order valence-electron chi connectivity index (χ3n) is 6.03. The second kappa shape index (κ2) is 10.2. The van der Waals surface area contributed by atoms with Gasteiger partial charge in [-0.2, -0.15) is 5.10 Å². The van der Waals surface area contributed by atoms with Crippen LogP contribution in [0.25, 0.3) is 0 Å². The lowest BCUT2D eigenvalue weighted by Gasteiger charge is -2.35. The topological polar surface area (TPSA) is 71.3 Å². The van der Waals surface area contributed by atoms with Crippen LogP contribution in [0, 0.1) is 5.92 Å². The highest BCUT2D eigenvalue weighted by Gasteiger charge is 2.28. The van der Waals surface area contributed by atoms with Crippen LogP contribution in [0.15, 0.2) is 71.9 Å². The molecule has 0 aliphatic carbocycles. The molecule has 0 bridgehead atoms. The van der Waals surface area contributed by atoms with Crippen LogP contribution >= 0.6 is 0 Å². The highest BCUT2D eigenvalue weighted by atomic mass is 16.2. The number of carbonyl (C=O) groups excluding carboxylic acids is 1. The van der Waals surface area contributed by atoms with Crippen molar-refractivity contribution < 1.29 is 4.79 Å². The fourth-order valence-corrected chi connectivity index (χ4v) is 4.15. The molecule has 3 heterocycles. The Labute approximate surface area is 188 Å².